The number of hydrogen-bond donors (Lipinski definition) is 1. The summed E-state index contributed by atoms with van der Waals surface area (Å²) in [6, 6.07) is 4.96. The van der Waals surface area contributed by atoms with E-state index in [-0.39, 0.29) is 5.91 Å². The third kappa shape index (κ3) is 3.60. The first kappa shape index (κ1) is 14.6. The lowest BCUT2D eigenvalue weighted by molar-refractivity contribution is 0.0525. The lowest BCUT2D eigenvalue weighted by atomic mass is 9.97. The van der Waals surface area contributed by atoms with Gasteiger partial charge < -0.3 is 9.74 Å². The summed E-state index contributed by atoms with van der Waals surface area (Å²) in [5.41, 5.74) is 0.572. The van der Waals surface area contributed by atoms with Gasteiger partial charge in [0.2, 0.25) is 0 Å². The third-order valence-corrected chi connectivity index (χ3v) is 4.14. The molecule has 2 rings (SSSR count). The average molecular weight is 303 g/mol. The van der Waals surface area contributed by atoms with Crippen molar-refractivity contribution >= 4 is 29.1 Å². The van der Waals surface area contributed by atoms with Crippen LogP contribution >= 0.6 is 23.2 Å². The fourth-order valence-corrected chi connectivity index (χ4v) is 2.55. The molecule has 0 aliphatic carbocycles. The summed E-state index contributed by atoms with van der Waals surface area (Å²) in [4.78, 5) is 18.8. The van der Waals surface area contributed by atoms with Crippen molar-refractivity contribution in [1.29, 1.82) is 0 Å². The average Bonchev–Trinajstić information content (AvgIpc) is 2.42. The highest BCUT2D eigenvalue weighted by Gasteiger charge is 2.23. The van der Waals surface area contributed by atoms with Gasteiger partial charge in [0.1, 0.15) is 0 Å². The van der Waals surface area contributed by atoms with Crippen LogP contribution in [0.2, 0.25) is 10.0 Å². The Kier molecular flexibility index (Phi) is 5.05. The fraction of sp³-hybridized carbons (Fsp3) is 0.462. The molecule has 0 aromatic heterocycles. The summed E-state index contributed by atoms with van der Waals surface area (Å²) in [5, 5.41) is 0.857. The Morgan fingerprint density at radius 1 is 1.32 bits per heavy atom. The molecule has 0 unspecified atom stereocenters. The highest BCUT2D eigenvalue weighted by molar-refractivity contribution is 6.42. The number of likely N-dealkylation sites (tertiary alicyclic amines) is 1. The summed E-state index contributed by atoms with van der Waals surface area (Å²) in [6.07, 6.45) is 1.81. The van der Waals surface area contributed by atoms with Crippen molar-refractivity contribution in [3.63, 3.8) is 0 Å². The van der Waals surface area contributed by atoms with Crippen LogP contribution in [0.25, 0.3) is 0 Å². The van der Waals surface area contributed by atoms with Crippen molar-refractivity contribution in [1.82, 2.24) is 4.90 Å². The van der Waals surface area contributed by atoms with E-state index < -0.39 is 0 Å². The van der Waals surface area contributed by atoms with E-state index in [4.69, 9.17) is 29.1 Å². The second kappa shape index (κ2) is 6.57. The molecule has 1 fully saturated rings. The molecule has 19 heavy (non-hydrogen) atoms. The second-order valence-corrected chi connectivity index (χ2v) is 5.51. The fourth-order valence-electron chi connectivity index (χ4n) is 2.25. The number of nitrogens with zero attached hydrogens (tertiary/aromatic N) is 1. The van der Waals surface area contributed by atoms with E-state index in [2.05, 4.69) is 4.84 Å². The second-order valence-electron chi connectivity index (χ2n) is 4.70. The summed E-state index contributed by atoms with van der Waals surface area (Å²) in [5.74, 6) is 5.49. The molecule has 1 aliphatic rings. The molecular weight excluding hydrogens is 287 g/mol. The van der Waals surface area contributed by atoms with Gasteiger partial charge in [-0.25, -0.2) is 5.90 Å². The molecule has 1 aromatic rings. The Balaban J connectivity index is 1.99. The van der Waals surface area contributed by atoms with Gasteiger partial charge in [0.25, 0.3) is 5.91 Å². The predicted octanol–water partition coefficient (Wildman–Crippen LogP) is 2.74. The van der Waals surface area contributed by atoms with Crippen molar-refractivity contribution in [2.75, 3.05) is 19.7 Å². The van der Waals surface area contributed by atoms with Gasteiger partial charge in [-0.05, 0) is 37.0 Å². The number of piperidine rings is 1. The molecule has 1 saturated heterocycles. The zero-order chi connectivity index (χ0) is 13.8. The first-order valence-electron chi connectivity index (χ1n) is 6.18. The maximum Gasteiger partial charge on any atom is 0.253 e. The van der Waals surface area contributed by atoms with Crippen LogP contribution in [0.3, 0.4) is 0 Å². The number of carbonyl (C=O) groups is 1. The number of rotatable bonds is 3. The van der Waals surface area contributed by atoms with Crippen LogP contribution in [0, 0.1) is 5.92 Å². The summed E-state index contributed by atoms with van der Waals surface area (Å²) in [7, 11) is 0. The number of nitrogens with two attached hydrogens (primary N) is 1. The van der Waals surface area contributed by atoms with Crippen LogP contribution in [0.1, 0.15) is 23.2 Å². The van der Waals surface area contributed by atoms with Gasteiger partial charge in [-0.3, -0.25) is 4.79 Å². The number of hydrogen-bond acceptors (Lipinski definition) is 3. The van der Waals surface area contributed by atoms with E-state index in [1.165, 1.54) is 0 Å². The van der Waals surface area contributed by atoms with Gasteiger partial charge in [0.05, 0.1) is 16.7 Å². The lowest BCUT2D eigenvalue weighted by Crippen LogP contribution is -2.39. The molecule has 0 saturated carbocycles. The first-order valence-corrected chi connectivity index (χ1v) is 6.93. The van der Waals surface area contributed by atoms with Crippen molar-refractivity contribution < 1.29 is 9.63 Å². The van der Waals surface area contributed by atoms with E-state index in [1.807, 2.05) is 4.90 Å². The number of carbonyl (C=O) groups excluding carboxylic acids is 1. The Labute approximate surface area is 122 Å². The molecule has 1 aliphatic heterocycles. The third-order valence-electron chi connectivity index (χ3n) is 3.40. The molecule has 1 heterocycles. The molecule has 0 radical (unpaired) electrons. The molecule has 1 aromatic carbocycles. The minimum atomic E-state index is -0.00863. The SMILES string of the molecule is NOCC1CCN(C(=O)c2ccc(Cl)c(Cl)c2)CC1. The maximum absolute atomic E-state index is 12.3. The van der Waals surface area contributed by atoms with Gasteiger partial charge in [-0.2, -0.15) is 0 Å². The van der Waals surface area contributed by atoms with E-state index in [9.17, 15) is 4.79 Å². The van der Waals surface area contributed by atoms with Crippen molar-refractivity contribution in [2.45, 2.75) is 12.8 Å². The summed E-state index contributed by atoms with van der Waals surface area (Å²) >= 11 is 11.8. The molecule has 0 atom stereocenters. The topological polar surface area (TPSA) is 55.6 Å². The zero-order valence-electron chi connectivity index (χ0n) is 10.4. The Hall–Kier alpha value is -0.810. The van der Waals surface area contributed by atoms with Gasteiger partial charge >= 0.3 is 0 Å². The molecular formula is C13H16Cl2N2O2. The van der Waals surface area contributed by atoms with Crippen LogP contribution in [0.4, 0.5) is 0 Å². The van der Waals surface area contributed by atoms with Gasteiger partial charge in [0, 0.05) is 18.7 Å². The monoisotopic (exact) mass is 302 g/mol. The van der Waals surface area contributed by atoms with E-state index in [0.29, 0.717) is 41.2 Å². The number of benzene rings is 1. The Morgan fingerprint density at radius 3 is 2.58 bits per heavy atom. The molecule has 104 valence electrons. The van der Waals surface area contributed by atoms with Gasteiger partial charge in [-0.1, -0.05) is 23.2 Å². The van der Waals surface area contributed by atoms with Crippen molar-refractivity contribution in [3.05, 3.63) is 33.8 Å². The molecule has 4 nitrogen and oxygen atoms in total. The highest BCUT2D eigenvalue weighted by atomic mass is 35.5. The van der Waals surface area contributed by atoms with Crippen LogP contribution < -0.4 is 5.90 Å². The smallest absolute Gasteiger partial charge is 0.253 e. The largest absolute Gasteiger partial charge is 0.339 e. The van der Waals surface area contributed by atoms with Crippen LogP contribution in [-0.4, -0.2) is 30.5 Å². The molecule has 0 spiro atoms. The van der Waals surface area contributed by atoms with E-state index >= 15 is 0 Å². The molecule has 1 amide bonds. The van der Waals surface area contributed by atoms with Crippen molar-refractivity contribution in [3.8, 4) is 0 Å². The van der Waals surface area contributed by atoms with Crippen LogP contribution in [0.5, 0.6) is 0 Å². The lowest BCUT2D eigenvalue weighted by Gasteiger charge is -2.31. The van der Waals surface area contributed by atoms with Gasteiger partial charge in [-0.15, -0.1) is 0 Å². The highest BCUT2D eigenvalue weighted by Crippen LogP contribution is 2.24. The predicted molar refractivity (Wildman–Crippen MR) is 75.2 cm³/mol. The van der Waals surface area contributed by atoms with Crippen molar-refractivity contribution in [2.24, 2.45) is 11.8 Å². The summed E-state index contributed by atoms with van der Waals surface area (Å²) in [6.45, 7) is 1.98. The quantitative estimate of drug-likeness (QED) is 0.874. The molecule has 6 heteroatoms. The van der Waals surface area contributed by atoms with Crippen LogP contribution in [0.15, 0.2) is 18.2 Å². The Bertz CT molecular complexity index is 460. The zero-order valence-corrected chi connectivity index (χ0v) is 12.0. The van der Waals surface area contributed by atoms with E-state index in [0.717, 1.165) is 12.8 Å². The Morgan fingerprint density at radius 2 is 2.00 bits per heavy atom. The van der Waals surface area contributed by atoms with Crippen LogP contribution in [-0.2, 0) is 4.84 Å². The maximum atomic E-state index is 12.3. The number of amides is 1. The van der Waals surface area contributed by atoms with E-state index in [1.54, 1.807) is 18.2 Å². The standard InChI is InChI=1S/C13H16Cl2N2O2/c14-11-2-1-10(7-12(11)15)13(18)17-5-3-9(4-6-17)8-19-16/h1-2,7,9H,3-6,8,16H2. The number of halogens is 2. The molecule has 2 N–H and O–H groups in total. The first-order chi connectivity index (χ1) is 9.11. The molecule has 0 bridgehead atoms. The van der Waals surface area contributed by atoms with Gasteiger partial charge in [0.15, 0.2) is 0 Å². The summed E-state index contributed by atoms with van der Waals surface area (Å²) < 4.78 is 0. The minimum absolute atomic E-state index is 0.00863. The minimum Gasteiger partial charge on any atom is -0.339 e. The normalized spacial score (nSPS) is 16.7.